The van der Waals surface area contributed by atoms with Crippen LogP contribution in [0.1, 0.15) is 104 Å². The predicted octanol–water partition coefficient (Wildman–Crippen LogP) is 18.1. The van der Waals surface area contributed by atoms with Crippen LogP contribution in [0.3, 0.4) is 0 Å². The largest absolute Gasteiger partial charge is 0.383 e. The minimum absolute atomic E-state index is 0.0298. The maximum absolute atomic E-state index is 6.46. The molecule has 23 rings (SSSR count). The number of nitrogen functional groups attached to an aromatic ring is 5. The summed E-state index contributed by atoms with van der Waals surface area (Å²) < 4.78 is 20.2. The molecule has 0 bridgehead atoms. The summed E-state index contributed by atoms with van der Waals surface area (Å²) in [6.07, 6.45) is 20.9. The molecule has 20 N–H and O–H groups in total. The second-order valence-electron chi connectivity index (χ2n) is 38.2. The number of anilines is 10. The second-order valence-corrected chi connectivity index (χ2v) is 47.4. The molecular formula is C94H107Cl10N35O2S5. The minimum Gasteiger partial charge on any atom is -0.383 e. The Bertz CT molecular complexity index is 7140. The zero-order valence-electron chi connectivity index (χ0n) is 79.5. The van der Waals surface area contributed by atoms with Crippen LogP contribution in [0.15, 0.2) is 172 Å². The van der Waals surface area contributed by atoms with E-state index in [0.29, 0.717) is 182 Å². The summed E-state index contributed by atoms with van der Waals surface area (Å²) in [5.41, 5.74) is 66.8. The number of hydrogen-bond donors (Lipinski definition) is 10. The highest BCUT2D eigenvalue weighted by Crippen LogP contribution is 2.52. The van der Waals surface area contributed by atoms with Gasteiger partial charge < -0.3 is 91.3 Å². The number of aromatic nitrogens is 20. The SMILES string of the molecule is CC1(CN)CCN(c2nc(N)c(Sc3cccc(Cl)c3Cl)c3ncnn23)CC1.CC1(N)CCN(c2nc(N)c(Sc3cccc(Cl)c3Cl)c3ncnn23)CC1.CC1OCC2(CCN(c3nc(N)c(Sc4cccc(Cl)c4Cl)c4ncnn34)CC2)C1N.Nc1nc(N2CCC3(CC2)COCC3N)n2ncnc2c1Sc1cccc(Cl)c1Cl.Nc1nc(N2CCC3(CCCC3N)CC2)n2ncnc2c1Sc1cccc(Cl)c1Cl. The Labute approximate surface area is 912 Å². The maximum Gasteiger partial charge on any atom is 0.230 e. The van der Waals surface area contributed by atoms with E-state index in [-0.39, 0.29) is 45.4 Å². The molecule has 17 heterocycles. The van der Waals surface area contributed by atoms with Crippen LogP contribution in [0.4, 0.5) is 58.8 Å². The Morgan fingerprint density at radius 1 is 0.349 bits per heavy atom. The van der Waals surface area contributed by atoms with Crippen molar-refractivity contribution in [3.8, 4) is 0 Å². The van der Waals surface area contributed by atoms with Crippen LogP contribution in [0, 0.1) is 21.7 Å². The van der Waals surface area contributed by atoms with E-state index in [2.05, 4.69) is 111 Å². The van der Waals surface area contributed by atoms with E-state index in [1.807, 2.05) is 60.7 Å². The van der Waals surface area contributed by atoms with Gasteiger partial charge >= 0.3 is 0 Å². The molecule has 770 valence electrons. The smallest absolute Gasteiger partial charge is 0.230 e. The molecule has 4 atom stereocenters. The monoisotopic (exact) mass is 2270 g/mol. The van der Waals surface area contributed by atoms with E-state index in [1.165, 1.54) is 103 Å². The normalized spacial score (nSPS) is 19.9. The molecule has 1 saturated carbocycles. The molecular weight excluding hydrogens is 2170 g/mol. The van der Waals surface area contributed by atoms with Crippen molar-refractivity contribution in [2.75, 3.05) is 145 Å². The third-order valence-corrected chi connectivity index (χ3v) is 39.4. The van der Waals surface area contributed by atoms with Crippen molar-refractivity contribution < 1.29 is 9.47 Å². The van der Waals surface area contributed by atoms with Crippen molar-refractivity contribution in [3.63, 3.8) is 0 Å². The lowest BCUT2D eigenvalue weighted by atomic mass is 9.73. The summed E-state index contributed by atoms with van der Waals surface area (Å²) in [6.45, 7) is 17.4. The number of nitrogens with zero attached hydrogens (tertiary/aromatic N) is 25. The van der Waals surface area contributed by atoms with Gasteiger partial charge in [-0.05, 0) is 169 Å². The second kappa shape index (κ2) is 44.3. The molecule has 1 aliphatic carbocycles. The first kappa shape index (κ1) is 106. The molecule has 52 heteroatoms. The molecule has 15 aromatic rings. The number of fused-ring (bicyclic) bond motifs is 5. The third-order valence-electron chi connectivity index (χ3n) is 29.0. The predicted molar refractivity (Wildman–Crippen MR) is 587 cm³/mol. The fourth-order valence-corrected chi connectivity index (χ4v) is 26.9. The Morgan fingerprint density at radius 3 is 0.863 bits per heavy atom. The standard InChI is InChI=1S/C20H23Cl2N7OS.C20H23Cl2N7S.C19H21Cl2N7OS.C18H21Cl2N7S.C17H19Cl2N7S/c1-11-16(23)20(9-30-11)5-7-28(8-6-20)19-27-17(24)15(18-25-10-26-29(18)19)31-13-4-2-3-12(21)14(13)22;21-12-3-1-4-13(15(12)22)30-16-17(24)27-19(29-18(16)25-11-26-29)28-9-7-20(8-10-28)6-2-5-14(20)23;20-11-2-1-3-12(14(11)21)30-15-16(23)26-18(28-17(15)24-10-25-28)27-6-4-19(5-7-27)9-29-8-13(19)22;1-18(9-21)5-7-26(8-6-18)17-25-15(22)14(16-23-10-24-27(16)17)28-12-4-2-3-11(19)13(12)20;1-17(21)5-7-25(8-6-17)16-24-14(20)13(15-22-9-23-26(15)16)27-11-4-2-3-10(18)12(11)19/h2-4,10-11,16H,5-9,23-24H2,1H3;1,3-4,11,14H,2,5-10,23-24H2;1-3,10,13H,4-9,22-23H2;2-4,10H,5-9,21-22H2,1H3;2-4,9H,5-8,20-21H2,1H3. The molecule has 8 aliphatic rings. The van der Waals surface area contributed by atoms with Gasteiger partial charge in [0.2, 0.25) is 29.7 Å². The first-order chi connectivity index (χ1) is 70.1. The quantitative estimate of drug-likeness (QED) is 0.0429. The highest BCUT2D eigenvalue weighted by Gasteiger charge is 2.50. The zero-order chi connectivity index (χ0) is 103. The minimum atomic E-state index is -0.150. The molecule has 8 fully saturated rings. The summed E-state index contributed by atoms with van der Waals surface area (Å²) in [6, 6.07) is 27.9. The molecule has 4 unspecified atom stereocenters. The lowest BCUT2D eigenvalue weighted by Gasteiger charge is -2.42. The molecule has 10 aromatic heterocycles. The molecule has 7 saturated heterocycles. The summed E-state index contributed by atoms with van der Waals surface area (Å²) in [5, 5.41) is 26.8. The van der Waals surface area contributed by atoms with Crippen molar-refractivity contribution in [2.24, 2.45) is 50.3 Å². The van der Waals surface area contributed by atoms with Gasteiger partial charge in [-0.25, -0.2) is 24.9 Å². The van der Waals surface area contributed by atoms with Gasteiger partial charge in [0.1, 0.15) is 60.7 Å². The average Bonchev–Trinajstić information content (AvgIpc) is 1.58. The van der Waals surface area contributed by atoms with E-state index in [1.54, 1.807) is 52.9 Å². The zero-order valence-corrected chi connectivity index (χ0v) is 91.2. The molecule has 37 nitrogen and oxygen atoms in total. The summed E-state index contributed by atoms with van der Waals surface area (Å²) in [4.78, 5) is 63.9. The van der Waals surface area contributed by atoms with E-state index in [9.17, 15) is 0 Å². The number of ether oxygens (including phenoxy) is 2. The van der Waals surface area contributed by atoms with Crippen LogP contribution < -0.4 is 81.8 Å². The average molecular weight is 2270 g/mol. The Kier molecular flexibility index (Phi) is 32.0. The van der Waals surface area contributed by atoms with Gasteiger partial charge in [-0.15, -0.1) is 0 Å². The summed E-state index contributed by atoms with van der Waals surface area (Å²) in [5.74, 6) is 5.41. The molecule has 0 radical (unpaired) electrons. The highest BCUT2D eigenvalue weighted by molar-refractivity contribution is 8.01. The highest BCUT2D eigenvalue weighted by atomic mass is 35.5. The lowest BCUT2D eigenvalue weighted by Crippen LogP contribution is -2.51. The Balaban J connectivity index is 0.000000115. The van der Waals surface area contributed by atoms with E-state index in [4.69, 9.17) is 193 Å². The number of hydrogen-bond acceptors (Lipinski definition) is 37. The summed E-state index contributed by atoms with van der Waals surface area (Å²) in [7, 11) is 0. The summed E-state index contributed by atoms with van der Waals surface area (Å²) >= 11 is 69.4. The van der Waals surface area contributed by atoms with Gasteiger partial charge in [0, 0.05) is 124 Å². The van der Waals surface area contributed by atoms with Crippen LogP contribution in [0.25, 0.3) is 28.2 Å². The van der Waals surface area contributed by atoms with E-state index < -0.39 is 0 Å². The topological polar surface area (TPSA) is 510 Å². The van der Waals surface area contributed by atoms with Crippen LogP contribution >= 0.6 is 175 Å². The number of benzene rings is 5. The molecule has 3 spiro atoms. The Morgan fingerprint density at radius 2 is 0.616 bits per heavy atom. The van der Waals surface area contributed by atoms with Crippen LogP contribution in [0.5, 0.6) is 0 Å². The third kappa shape index (κ3) is 21.5. The number of nitrogens with two attached hydrogens (primary N) is 10. The fraction of sp³-hybridized carbons (Fsp3) is 0.415. The van der Waals surface area contributed by atoms with Gasteiger partial charge in [-0.2, -0.15) is 73.0 Å². The first-order valence-electron chi connectivity index (χ1n) is 47.4. The number of piperidine rings is 5. The maximum atomic E-state index is 6.46. The van der Waals surface area contributed by atoms with Crippen LogP contribution in [-0.2, 0) is 9.47 Å². The van der Waals surface area contributed by atoms with Crippen molar-refractivity contribution in [2.45, 2.75) is 183 Å². The van der Waals surface area contributed by atoms with Crippen molar-refractivity contribution in [3.05, 3.63) is 173 Å². The van der Waals surface area contributed by atoms with Crippen LogP contribution in [-0.4, -0.2) is 219 Å². The van der Waals surface area contributed by atoms with Gasteiger partial charge in [0.25, 0.3) is 0 Å². The van der Waals surface area contributed by atoms with Crippen LogP contribution in [0.2, 0.25) is 50.2 Å². The number of rotatable bonds is 16. The molecule has 146 heavy (non-hydrogen) atoms. The van der Waals surface area contributed by atoms with Gasteiger partial charge in [-0.3, -0.25) is 0 Å². The van der Waals surface area contributed by atoms with Gasteiger partial charge in [-0.1, -0.05) is 218 Å². The molecule has 7 aliphatic heterocycles. The van der Waals surface area contributed by atoms with E-state index >= 15 is 0 Å². The van der Waals surface area contributed by atoms with Gasteiger partial charge in [0.05, 0.1) is 101 Å². The van der Waals surface area contributed by atoms with Gasteiger partial charge in [0.15, 0.2) is 28.2 Å². The van der Waals surface area contributed by atoms with E-state index in [0.717, 1.165) is 173 Å². The van der Waals surface area contributed by atoms with Crippen molar-refractivity contribution >= 4 is 262 Å². The lowest BCUT2D eigenvalue weighted by molar-refractivity contribution is 0.0973. The Hall–Kier alpha value is -8.78. The van der Waals surface area contributed by atoms with Crippen molar-refractivity contribution in [1.82, 2.24) is 97.9 Å². The fourth-order valence-electron chi connectivity index (χ4n) is 19.8. The molecule has 0 amide bonds. The van der Waals surface area contributed by atoms with Crippen molar-refractivity contribution in [1.29, 1.82) is 0 Å². The number of halogens is 10. The first-order valence-corrected chi connectivity index (χ1v) is 55.3. The molecule has 5 aromatic carbocycles.